The van der Waals surface area contributed by atoms with Crippen molar-refractivity contribution in [1.29, 1.82) is 0 Å². The van der Waals surface area contributed by atoms with E-state index in [9.17, 15) is 4.79 Å². The third-order valence-corrected chi connectivity index (χ3v) is 4.27. The molecule has 20 heavy (non-hydrogen) atoms. The number of fused-ring (bicyclic) bond motifs is 1. The second kappa shape index (κ2) is 6.27. The molecule has 4 heteroatoms. The Morgan fingerprint density at radius 3 is 2.45 bits per heavy atom. The fraction of sp³-hybridized carbons (Fsp3) is 0.312. The standard InChI is InChI=1S/C16H18BrNO2/c1-10(16(19)20-3)11(2)18-15-9-8-14(17)12-6-4-5-7-13(12)15/h4-11,18H,1-3H3. The van der Waals surface area contributed by atoms with Crippen LogP contribution in [0.1, 0.15) is 13.8 Å². The normalized spacial score (nSPS) is 13.8. The van der Waals surface area contributed by atoms with E-state index in [1.807, 2.05) is 38.1 Å². The molecule has 0 aromatic heterocycles. The van der Waals surface area contributed by atoms with Crippen molar-refractivity contribution in [3.05, 3.63) is 40.9 Å². The average molecular weight is 336 g/mol. The molecular formula is C16H18BrNO2. The number of hydrogen-bond acceptors (Lipinski definition) is 3. The molecule has 0 saturated carbocycles. The van der Waals surface area contributed by atoms with E-state index in [0.29, 0.717) is 0 Å². The quantitative estimate of drug-likeness (QED) is 0.850. The maximum Gasteiger partial charge on any atom is 0.310 e. The summed E-state index contributed by atoms with van der Waals surface area (Å²) >= 11 is 3.56. The molecule has 2 atom stereocenters. The Hall–Kier alpha value is -1.55. The zero-order valence-electron chi connectivity index (χ0n) is 11.8. The number of anilines is 1. The van der Waals surface area contributed by atoms with Gasteiger partial charge < -0.3 is 10.1 Å². The number of hydrogen-bond donors (Lipinski definition) is 1. The minimum Gasteiger partial charge on any atom is -0.469 e. The SMILES string of the molecule is COC(=O)C(C)C(C)Nc1ccc(Br)c2ccccc12. The lowest BCUT2D eigenvalue weighted by Gasteiger charge is -2.21. The van der Waals surface area contributed by atoms with Crippen molar-refractivity contribution in [3.63, 3.8) is 0 Å². The molecule has 1 N–H and O–H groups in total. The largest absolute Gasteiger partial charge is 0.469 e. The third-order valence-electron chi connectivity index (χ3n) is 3.58. The van der Waals surface area contributed by atoms with Crippen molar-refractivity contribution >= 4 is 38.4 Å². The number of ether oxygens (including phenoxy) is 1. The number of carbonyl (C=O) groups is 1. The highest BCUT2D eigenvalue weighted by molar-refractivity contribution is 9.10. The molecule has 0 radical (unpaired) electrons. The Morgan fingerprint density at radius 1 is 1.15 bits per heavy atom. The number of halogens is 1. The lowest BCUT2D eigenvalue weighted by molar-refractivity contribution is -0.145. The molecule has 0 fully saturated rings. The molecule has 2 rings (SSSR count). The molecule has 0 aliphatic rings. The molecule has 2 aromatic rings. The van der Waals surface area contributed by atoms with Crippen molar-refractivity contribution in [1.82, 2.24) is 0 Å². The molecule has 0 aliphatic carbocycles. The smallest absolute Gasteiger partial charge is 0.310 e. The molecule has 2 aromatic carbocycles. The van der Waals surface area contributed by atoms with Gasteiger partial charge in [0.2, 0.25) is 0 Å². The summed E-state index contributed by atoms with van der Waals surface area (Å²) in [5.41, 5.74) is 1.02. The molecule has 0 spiro atoms. The zero-order chi connectivity index (χ0) is 14.7. The lowest BCUT2D eigenvalue weighted by atomic mass is 10.0. The summed E-state index contributed by atoms with van der Waals surface area (Å²) < 4.78 is 5.85. The monoisotopic (exact) mass is 335 g/mol. The predicted octanol–water partition coefficient (Wildman–Crippen LogP) is 4.21. The van der Waals surface area contributed by atoms with Gasteiger partial charge >= 0.3 is 5.97 Å². The van der Waals surface area contributed by atoms with Crippen molar-refractivity contribution in [2.75, 3.05) is 12.4 Å². The molecule has 0 saturated heterocycles. The first-order chi connectivity index (χ1) is 9.54. The Morgan fingerprint density at radius 2 is 1.80 bits per heavy atom. The van der Waals surface area contributed by atoms with Crippen LogP contribution in [0.4, 0.5) is 5.69 Å². The van der Waals surface area contributed by atoms with Gasteiger partial charge in [-0.05, 0) is 31.4 Å². The summed E-state index contributed by atoms with van der Waals surface area (Å²) in [6.45, 7) is 3.85. The maximum atomic E-state index is 11.6. The topological polar surface area (TPSA) is 38.3 Å². The molecule has 106 valence electrons. The second-order valence-electron chi connectivity index (χ2n) is 4.89. The van der Waals surface area contributed by atoms with Crippen molar-refractivity contribution in [3.8, 4) is 0 Å². The summed E-state index contributed by atoms with van der Waals surface area (Å²) in [6.07, 6.45) is 0. The highest BCUT2D eigenvalue weighted by Gasteiger charge is 2.21. The molecule has 3 nitrogen and oxygen atoms in total. The van der Waals surface area contributed by atoms with Crippen LogP contribution in [0.2, 0.25) is 0 Å². The van der Waals surface area contributed by atoms with Gasteiger partial charge in [0.15, 0.2) is 0 Å². The predicted molar refractivity (Wildman–Crippen MR) is 85.9 cm³/mol. The van der Waals surface area contributed by atoms with Crippen LogP contribution < -0.4 is 5.32 Å². The zero-order valence-corrected chi connectivity index (χ0v) is 13.4. The van der Waals surface area contributed by atoms with Crippen LogP contribution in [-0.4, -0.2) is 19.1 Å². The summed E-state index contributed by atoms with van der Waals surface area (Å²) in [5, 5.41) is 5.68. The summed E-state index contributed by atoms with van der Waals surface area (Å²) in [6, 6.07) is 12.2. The lowest BCUT2D eigenvalue weighted by Crippen LogP contribution is -2.30. The Kier molecular flexibility index (Phi) is 4.65. The number of benzene rings is 2. The van der Waals surface area contributed by atoms with Gasteiger partial charge in [-0.15, -0.1) is 0 Å². The van der Waals surface area contributed by atoms with E-state index in [-0.39, 0.29) is 17.9 Å². The van der Waals surface area contributed by atoms with Gasteiger partial charge in [0.05, 0.1) is 13.0 Å². The van der Waals surface area contributed by atoms with E-state index in [2.05, 4.69) is 33.4 Å². The minimum absolute atomic E-state index is 0.00738. The number of methoxy groups -OCH3 is 1. The first kappa shape index (κ1) is 14.9. The van der Waals surface area contributed by atoms with E-state index in [0.717, 1.165) is 20.9 Å². The van der Waals surface area contributed by atoms with Crippen LogP contribution in [0.3, 0.4) is 0 Å². The van der Waals surface area contributed by atoms with Gasteiger partial charge in [-0.1, -0.05) is 40.2 Å². The van der Waals surface area contributed by atoms with E-state index in [1.165, 1.54) is 7.11 Å². The highest BCUT2D eigenvalue weighted by atomic mass is 79.9. The Balaban J connectivity index is 2.30. The van der Waals surface area contributed by atoms with E-state index in [4.69, 9.17) is 4.74 Å². The van der Waals surface area contributed by atoms with E-state index in [1.54, 1.807) is 0 Å². The van der Waals surface area contributed by atoms with Crippen molar-refractivity contribution < 1.29 is 9.53 Å². The van der Waals surface area contributed by atoms with Crippen molar-refractivity contribution in [2.24, 2.45) is 5.92 Å². The van der Waals surface area contributed by atoms with Crippen LogP contribution in [-0.2, 0) is 9.53 Å². The first-order valence-electron chi connectivity index (χ1n) is 6.56. The van der Waals surface area contributed by atoms with Crippen LogP contribution in [0, 0.1) is 5.92 Å². The molecule has 2 unspecified atom stereocenters. The van der Waals surface area contributed by atoms with Crippen LogP contribution in [0.15, 0.2) is 40.9 Å². The van der Waals surface area contributed by atoms with Crippen molar-refractivity contribution in [2.45, 2.75) is 19.9 Å². The number of carbonyl (C=O) groups excluding carboxylic acids is 1. The summed E-state index contributed by atoms with van der Waals surface area (Å²) in [5.74, 6) is -0.408. The van der Waals surface area contributed by atoms with Gasteiger partial charge in [-0.3, -0.25) is 4.79 Å². The van der Waals surface area contributed by atoms with Crippen LogP contribution in [0.25, 0.3) is 10.8 Å². The Bertz CT molecular complexity index is 627. The van der Waals surface area contributed by atoms with E-state index >= 15 is 0 Å². The highest BCUT2D eigenvalue weighted by Crippen LogP contribution is 2.30. The molecule has 0 aliphatic heterocycles. The molecular weight excluding hydrogens is 318 g/mol. The second-order valence-corrected chi connectivity index (χ2v) is 5.74. The average Bonchev–Trinajstić information content (AvgIpc) is 2.48. The third kappa shape index (κ3) is 2.96. The van der Waals surface area contributed by atoms with Crippen LogP contribution >= 0.6 is 15.9 Å². The molecule has 0 amide bonds. The molecule has 0 bridgehead atoms. The van der Waals surface area contributed by atoms with Gasteiger partial charge in [-0.2, -0.15) is 0 Å². The van der Waals surface area contributed by atoms with Gasteiger partial charge in [0.25, 0.3) is 0 Å². The van der Waals surface area contributed by atoms with Gasteiger partial charge in [-0.25, -0.2) is 0 Å². The fourth-order valence-electron chi connectivity index (χ4n) is 2.15. The Labute approximate surface area is 127 Å². The molecule has 0 heterocycles. The van der Waals surface area contributed by atoms with Gasteiger partial charge in [0.1, 0.15) is 0 Å². The summed E-state index contributed by atoms with van der Waals surface area (Å²) in [4.78, 5) is 11.6. The van der Waals surface area contributed by atoms with Gasteiger partial charge in [0, 0.05) is 21.6 Å². The number of esters is 1. The number of rotatable bonds is 4. The first-order valence-corrected chi connectivity index (χ1v) is 7.35. The van der Waals surface area contributed by atoms with Crippen LogP contribution in [0.5, 0.6) is 0 Å². The number of nitrogens with one attached hydrogen (secondary N) is 1. The van der Waals surface area contributed by atoms with E-state index < -0.39 is 0 Å². The maximum absolute atomic E-state index is 11.6. The minimum atomic E-state index is -0.206. The summed E-state index contributed by atoms with van der Waals surface area (Å²) in [7, 11) is 1.42. The fourth-order valence-corrected chi connectivity index (χ4v) is 2.63.